The molecule has 6 aromatic rings. The number of aromatic nitrogens is 4. The fraction of sp³-hybridized carbons (Fsp3) is 0.0741. The van der Waals surface area contributed by atoms with Gasteiger partial charge in [-0.3, -0.25) is 0 Å². The third kappa shape index (κ3) is 2.99. The van der Waals surface area contributed by atoms with Crippen molar-refractivity contribution >= 4 is 27.8 Å². The van der Waals surface area contributed by atoms with Gasteiger partial charge >= 0.3 is 0 Å². The average Bonchev–Trinajstić information content (AvgIpc) is 3.39. The molecular formula is C27H21N5O. The molecule has 6 nitrogen and oxygen atoms in total. The van der Waals surface area contributed by atoms with Crippen molar-refractivity contribution in [2.75, 3.05) is 5.73 Å². The zero-order valence-corrected chi connectivity index (χ0v) is 18.3. The summed E-state index contributed by atoms with van der Waals surface area (Å²) < 4.78 is 7.53. The molecule has 0 aliphatic heterocycles. The summed E-state index contributed by atoms with van der Waals surface area (Å²) >= 11 is 0. The first kappa shape index (κ1) is 19.3. The van der Waals surface area contributed by atoms with E-state index in [9.17, 15) is 0 Å². The average molecular weight is 431 g/mol. The SMILES string of the molecule is Cc1ccc2nc3onc(-c4ccccc4)c3c(-c3c(C)nn(-c4ccccc4)c3N)c2c1. The van der Waals surface area contributed by atoms with Gasteiger partial charge in [0.2, 0.25) is 0 Å². The Morgan fingerprint density at radius 3 is 2.33 bits per heavy atom. The van der Waals surface area contributed by atoms with E-state index < -0.39 is 0 Å². The van der Waals surface area contributed by atoms with Crippen molar-refractivity contribution in [1.29, 1.82) is 0 Å². The largest absolute Gasteiger partial charge is 0.383 e. The van der Waals surface area contributed by atoms with Crippen LogP contribution in [0.1, 0.15) is 11.3 Å². The topological polar surface area (TPSA) is 82.8 Å². The van der Waals surface area contributed by atoms with Crippen LogP contribution in [0, 0.1) is 13.8 Å². The van der Waals surface area contributed by atoms with Gasteiger partial charge in [0.05, 0.1) is 22.3 Å². The van der Waals surface area contributed by atoms with Crippen LogP contribution in [-0.2, 0) is 0 Å². The number of fused-ring (bicyclic) bond motifs is 2. The zero-order valence-electron chi connectivity index (χ0n) is 18.3. The first-order valence-corrected chi connectivity index (χ1v) is 10.8. The number of nitrogen functional groups attached to an aromatic ring is 1. The van der Waals surface area contributed by atoms with E-state index in [4.69, 9.17) is 20.3 Å². The molecule has 0 unspecified atom stereocenters. The van der Waals surface area contributed by atoms with Gasteiger partial charge in [0, 0.05) is 22.1 Å². The maximum atomic E-state index is 6.77. The van der Waals surface area contributed by atoms with Crippen molar-refractivity contribution in [2.24, 2.45) is 0 Å². The molecule has 0 atom stereocenters. The van der Waals surface area contributed by atoms with E-state index >= 15 is 0 Å². The lowest BCUT2D eigenvalue weighted by Crippen LogP contribution is -2.02. The van der Waals surface area contributed by atoms with E-state index in [2.05, 4.69) is 18.1 Å². The molecule has 0 amide bonds. The maximum Gasteiger partial charge on any atom is 0.259 e. The molecule has 6 heteroatoms. The molecule has 160 valence electrons. The van der Waals surface area contributed by atoms with Crippen LogP contribution in [0.15, 0.2) is 83.4 Å². The second-order valence-corrected chi connectivity index (χ2v) is 8.18. The van der Waals surface area contributed by atoms with Crippen LogP contribution < -0.4 is 5.73 Å². The van der Waals surface area contributed by atoms with E-state index in [0.29, 0.717) is 11.5 Å². The minimum atomic E-state index is 0.478. The number of para-hydroxylation sites is 1. The molecule has 2 N–H and O–H groups in total. The van der Waals surface area contributed by atoms with E-state index in [-0.39, 0.29) is 0 Å². The Hall–Kier alpha value is -4.45. The summed E-state index contributed by atoms with van der Waals surface area (Å²) in [4.78, 5) is 4.78. The van der Waals surface area contributed by atoms with Crippen LogP contribution in [0.4, 0.5) is 5.82 Å². The first-order chi connectivity index (χ1) is 16.1. The number of hydrogen-bond donors (Lipinski definition) is 1. The molecule has 6 rings (SSSR count). The molecule has 0 bridgehead atoms. The highest BCUT2D eigenvalue weighted by Crippen LogP contribution is 2.43. The van der Waals surface area contributed by atoms with Gasteiger partial charge in [-0.15, -0.1) is 0 Å². The highest BCUT2D eigenvalue weighted by atomic mass is 16.5. The van der Waals surface area contributed by atoms with Crippen LogP contribution >= 0.6 is 0 Å². The number of nitrogens with zero attached hydrogens (tertiary/aromatic N) is 4. The van der Waals surface area contributed by atoms with Gasteiger partial charge in [-0.2, -0.15) is 5.10 Å². The van der Waals surface area contributed by atoms with Crippen LogP contribution in [0.2, 0.25) is 0 Å². The number of aryl methyl sites for hydroxylation is 2. The third-order valence-corrected chi connectivity index (χ3v) is 5.96. The quantitative estimate of drug-likeness (QED) is 0.366. The Morgan fingerprint density at radius 2 is 1.58 bits per heavy atom. The number of benzene rings is 3. The van der Waals surface area contributed by atoms with Crippen molar-refractivity contribution in [3.63, 3.8) is 0 Å². The second-order valence-electron chi connectivity index (χ2n) is 8.18. The van der Waals surface area contributed by atoms with Gasteiger partial charge in [0.1, 0.15) is 11.5 Å². The predicted octanol–water partition coefficient (Wildman–Crippen LogP) is 6.09. The molecule has 0 fully saturated rings. The number of hydrogen-bond acceptors (Lipinski definition) is 5. The van der Waals surface area contributed by atoms with Gasteiger partial charge in [0.15, 0.2) is 0 Å². The van der Waals surface area contributed by atoms with E-state index in [1.807, 2.05) is 79.7 Å². The highest BCUT2D eigenvalue weighted by molar-refractivity contribution is 6.14. The summed E-state index contributed by atoms with van der Waals surface area (Å²) in [5.41, 5.74) is 14.4. The van der Waals surface area contributed by atoms with E-state index in [1.54, 1.807) is 4.68 Å². The van der Waals surface area contributed by atoms with Crippen molar-refractivity contribution in [3.8, 4) is 28.1 Å². The Balaban J connectivity index is 1.76. The van der Waals surface area contributed by atoms with Crippen LogP contribution in [0.25, 0.3) is 50.1 Å². The van der Waals surface area contributed by atoms with Crippen LogP contribution in [-0.4, -0.2) is 19.9 Å². The molecule has 33 heavy (non-hydrogen) atoms. The minimum absolute atomic E-state index is 0.478. The second kappa shape index (κ2) is 7.31. The third-order valence-electron chi connectivity index (χ3n) is 5.96. The lowest BCUT2D eigenvalue weighted by atomic mass is 9.94. The van der Waals surface area contributed by atoms with Crippen molar-refractivity contribution in [2.45, 2.75) is 13.8 Å². The summed E-state index contributed by atoms with van der Waals surface area (Å²) in [5, 5.41) is 11.0. The standard InChI is InChI=1S/C27H21N5O/c1-16-13-14-21-20(15-16)23(22-17(2)30-32(26(22)28)19-11-7-4-8-12-19)24-25(31-33-27(24)29-21)18-9-5-3-6-10-18/h3-15H,28H2,1-2H3. The Labute approximate surface area is 190 Å². The Bertz CT molecular complexity index is 1630. The highest BCUT2D eigenvalue weighted by Gasteiger charge is 2.25. The molecule has 0 saturated carbocycles. The van der Waals surface area contributed by atoms with Crippen LogP contribution in [0.3, 0.4) is 0 Å². The number of nitrogens with two attached hydrogens (primary N) is 1. The van der Waals surface area contributed by atoms with Crippen molar-refractivity contribution in [3.05, 3.63) is 90.1 Å². The van der Waals surface area contributed by atoms with E-state index in [0.717, 1.165) is 55.6 Å². The lowest BCUT2D eigenvalue weighted by molar-refractivity contribution is 0.452. The molecule has 0 saturated heterocycles. The monoisotopic (exact) mass is 431 g/mol. The molecule has 0 radical (unpaired) electrons. The first-order valence-electron chi connectivity index (χ1n) is 10.8. The molecule has 3 aromatic heterocycles. The molecule has 0 aliphatic rings. The maximum absolute atomic E-state index is 6.77. The van der Waals surface area contributed by atoms with Crippen LogP contribution in [0.5, 0.6) is 0 Å². The molecule has 0 spiro atoms. The summed E-state index contributed by atoms with van der Waals surface area (Å²) in [7, 11) is 0. The minimum Gasteiger partial charge on any atom is -0.383 e. The summed E-state index contributed by atoms with van der Waals surface area (Å²) in [6, 6.07) is 26.1. The molecule has 3 aromatic carbocycles. The Kier molecular flexibility index (Phi) is 4.26. The molecule has 0 aliphatic carbocycles. The zero-order chi connectivity index (χ0) is 22.5. The number of rotatable bonds is 3. The van der Waals surface area contributed by atoms with Gasteiger partial charge in [-0.1, -0.05) is 65.3 Å². The van der Waals surface area contributed by atoms with Gasteiger partial charge < -0.3 is 10.3 Å². The van der Waals surface area contributed by atoms with Crippen molar-refractivity contribution in [1.82, 2.24) is 19.9 Å². The smallest absolute Gasteiger partial charge is 0.259 e. The fourth-order valence-electron chi connectivity index (χ4n) is 4.45. The summed E-state index contributed by atoms with van der Waals surface area (Å²) in [6.07, 6.45) is 0. The molecular weight excluding hydrogens is 410 g/mol. The summed E-state index contributed by atoms with van der Waals surface area (Å²) in [6.45, 7) is 4.05. The number of pyridine rings is 1. The normalized spacial score (nSPS) is 11.5. The Morgan fingerprint density at radius 1 is 0.848 bits per heavy atom. The van der Waals surface area contributed by atoms with E-state index in [1.165, 1.54) is 0 Å². The fourth-order valence-corrected chi connectivity index (χ4v) is 4.45. The van der Waals surface area contributed by atoms with Gasteiger partial charge in [-0.05, 0) is 38.1 Å². The number of anilines is 1. The van der Waals surface area contributed by atoms with Gasteiger partial charge in [-0.25, -0.2) is 9.67 Å². The van der Waals surface area contributed by atoms with Gasteiger partial charge in [0.25, 0.3) is 5.71 Å². The predicted molar refractivity (Wildman–Crippen MR) is 131 cm³/mol. The lowest BCUT2D eigenvalue weighted by Gasteiger charge is -2.11. The molecule has 3 heterocycles. The summed E-state index contributed by atoms with van der Waals surface area (Å²) in [5.74, 6) is 0.564. The van der Waals surface area contributed by atoms with Crippen molar-refractivity contribution < 1.29 is 4.52 Å².